The van der Waals surface area contributed by atoms with E-state index in [2.05, 4.69) is 5.32 Å². The smallest absolute Gasteiger partial charge is 0.194 e. The molecule has 1 aromatic carbocycles. The molecule has 0 fully saturated rings. The van der Waals surface area contributed by atoms with Crippen LogP contribution < -0.4 is 5.32 Å². The monoisotopic (exact) mass is 295 g/mol. The van der Waals surface area contributed by atoms with Crippen molar-refractivity contribution in [2.45, 2.75) is 19.4 Å². The number of nitrogens with one attached hydrogen (secondary N) is 1. The molecule has 0 radical (unpaired) electrons. The van der Waals surface area contributed by atoms with Crippen molar-refractivity contribution in [1.82, 2.24) is 5.32 Å². The zero-order valence-electron chi connectivity index (χ0n) is 10.7. The van der Waals surface area contributed by atoms with Gasteiger partial charge in [-0.25, -0.2) is 21.6 Å². The molecule has 1 aromatic rings. The van der Waals surface area contributed by atoms with Crippen molar-refractivity contribution >= 4 is 9.84 Å². The second-order valence-corrected chi connectivity index (χ2v) is 6.55. The Morgan fingerprint density at radius 2 is 1.84 bits per heavy atom. The summed E-state index contributed by atoms with van der Waals surface area (Å²) in [5.74, 6) is -4.61. The minimum Gasteiger partial charge on any atom is -0.309 e. The van der Waals surface area contributed by atoms with Gasteiger partial charge in [0.1, 0.15) is 9.84 Å². The highest BCUT2D eigenvalue weighted by Crippen LogP contribution is 2.22. The van der Waals surface area contributed by atoms with Crippen LogP contribution in [0.3, 0.4) is 0 Å². The van der Waals surface area contributed by atoms with Crippen LogP contribution in [0.5, 0.6) is 0 Å². The summed E-state index contributed by atoms with van der Waals surface area (Å²) >= 11 is 0. The molecule has 1 atom stereocenters. The van der Waals surface area contributed by atoms with E-state index in [4.69, 9.17) is 0 Å². The van der Waals surface area contributed by atoms with E-state index in [1.54, 1.807) is 0 Å². The Kier molecular flexibility index (Phi) is 5.37. The molecular formula is C12H16F3NO2S. The molecule has 19 heavy (non-hydrogen) atoms. The highest BCUT2D eigenvalue weighted by atomic mass is 32.2. The van der Waals surface area contributed by atoms with Crippen LogP contribution in [0.1, 0.15) is 24.9 Å². The number of hydrogen-bond acceptors (Lipinski definition) is 3. The summed E-state index contributed by atoms with van der Waals surface area (Å²) in [6.07, 6.45) is 1.71. The molecule has 108 valence electrons. The van der Waals surface area contributed by atoms with Gasteiger partial charge >= 0.3 is 0 Å². The van der Waals surface area contributed by atoms with Crippen molar-refractivity contribution in [2.24, 2.45) is 0 Å². The third-order valence-corrected chi connectivity index (χ3v) is 3.49. The largest absolute Gasteiger partial charge is 0.309 e. The number of rotatable bonds is 6. The van der Waals surface area contributed by atoms with E-state index >= 15 is 0 Å². The van der Waals surface area contributed by atoms with Gasteiger partial charge in [0.2, 0.25) is 0 Å². The molecule has 0 aromatic heterocycles. The van der Waals surface area contributed by atoms with Crippen molar-refractivity contribution in [3.05, 3.63) is 35.1 Å². The normalized spacial score (nSPS) is 13.5. The van der Waals surface area contributed by atoms with Crippen LogP contribution >= 0.6 is 0 Å². The number of sulfone groups is 1. The Hall–Kier alpha value is -1.08. The molecule has 0 spiro atoms. The maximum atomic E-state index is 13.7. The average Bonchev–Trinajstić information content (AvgIpc) is 2.30. The highest BCUT2D eigenvalue weighted by Gasteiger charge is 2.23. The lowest BCUT2D eigenvalue weighted by molar-refractivity contribution is 0.429. The van der Waals surface area contributed by atoms with Crippen LogP contribution in [-0.2, 0) is 9.84 Å². The van der Waals surface area contributed by atoms with Crippen molar-refractivity contribution in [3.63, 3.8) is 0 Å². The van der Waals surface area contributed by atoms with E-state index in [1.807, 2.05) is 6.92 Å². The average molecular weight is 295 g/mol. The second-order valence-electron chi connectivity index (χ2n) is 4.36. The third-order valence-electron chi connectivity index (χ3n) is 2.55. The van der Waals surface area contributed by atoms with E-state index in [0.717, 1.165) is 18.4 Å². The van der Waals surface area contributed by atoms with Crippen LogP contribution in [0.15, 0.2) is 12.1 Å². The fourth-order valence-corrected chi connectivity index (χ4v) is 2.59. The lowest BCUT2D eigenvalue weighted by Crippen LogP contribution is -2.29. The van der Waals surface area contributed by atoms with Crippen molar-refractivity contribution in [2.75, 3.05) is 18.6 Å². The molecule has 0 aliphatic heterocycles. The van der Waals surface area contributed by atoms with E-state index in [-0.39, 0.29) is 11.3 Å². The lowest BCUT2D eigenvalue weighted by atomic mass is 10.1. The zero-order chi connectivity index (χ0) is 14.6. The van der Waals surface area contributed by atoms with Crippen LogP contribution in [-0.4, -0.2) is 27.0 Å². The molecule has 1 unspecified atom stereocenters. The fourth-order valence-electron chi connectivity index (χ4n) is 1.69. The fraction of sp³-hybridized carbons (Fsp3) is 0.500. The maximum Gasteiger partial charge on any atom is 0.194 e. The van der Waals surface area contributed by atoms with Gasteiger partial charge in [-0.1, -0.05) is 13.0 Å². The van der Waals surface area contributed by atoms with Gasteiger partial charge in [0.05, 0.1) is 5.75 Å². The highest BCUT2D eigenvalue weighted by molar-refractivity contribution is 7.90. The molecule has 0 aliphatic carbocycles. The van der Waals surface area contributed by atoms with E-state index in [9.17, 15) is 21.6 Å². The molecule has 1 rings (SSSR count). The lowest BCUT2D eigenvalue weighted by Gasteiger charge is -2.19. The number of hydrogen-bond donors (Lipinski definition) is 1. The van der Waals surface area contributed by atoms with Gasteiger partial charge in [0, 0.05) is 17.9 Å². The first-order chi connectivity index (χ1) is 8.76. The second kappa shape index (κ2) is 6.38. The van der Waals surface area contributed by atoms with Crippen LogP contribution in [0, 0.1) is 17.5 Å². The first-order valence-electron chi connectivity index (χ1n) is 5.80. The number of halogens is 3. The van der Waals surface area contributed by atoms with Gasteiger partial charge in [-0.3, -0.25) is 0 Å². The maximum absolute atomic E-state index is 13.7. The summed E-state index contributed by atoms with van der Waals surface area (Å²) in [5, 5.41) is 2.82. The predicted octanol–water partition coefficient (Wildman–Crippen LogP) is 2.19. The van der Waals surface area contributed by atoms with E-state index < -0.39 is 33.3 Å². The molecule has 1 N–H and O–H groups in total. The first-order valence-corrected chi connectivity index (χ1v) is 7.86. The Morgan fingerprint density at radius 3 is 2.37 bits per heavy atom. The molecule has 0 heterocycles. The summed E-state index contributed by atoms with van der Waals surface area (Å²) in [7, 11) is -3.39. The third kappa shape index (κ3) is 4.50. The van der Waals surface area contributed by atoms with Gasteiger partial charge < -0.3 is 5.32 Å². The van der Waals surface area contributed by atoms with Crippen molar-refractivity contribution in [3.8, 4) is 0 Å². The topological polar surface area (TPSA) is 46.2 Å². The van der Waals surface area contributed by atoms with Gasteiger partial charge in [-0.2, -0.15) is 0 Å². The molecule has 0 amide bonds. The van der Waals surface area contributed by atoms with Gasteiger partial charge in [0.25, 0.3) is 0 Å². The summed E-state index contributed by atoms with van der Waals surface area (Å²) in [4.78, 5) is 0. The van der Waals surface area contributed by atoms with Crippen LogP contribution in [0.25, 0.3) is 0 Å². The summed E-state index contributed by atoms with van der Waals surface area (Å²) in [6.45, 7) is 2.30. The molecule has 7 heteroatoms. The van der Waals surface area contributed by atoms with E-state index in [0.29, 0.717) is 13.0 Å². The summed E-state index contributed by atoms with van der Waals surface area (Å²) < 4.78 is 62.3. The van der Waals surface area contributed by atoms with Crippen LogP contribution in [0.4, 0.5) is 13.2 Å². The standard InChI is InChI=1S/C12H16F3NO2S/c1-3-6-16-10(7-19(2,17)18)8-4-5-9(13)12(15)11(8)14/h4-5,10,16H,3,6-7H2,1-2H3. The Bertz CT molecular complexity index is 546. The first kappa shape index (κ1) is 16.0. The molecule has 3 nitrogen and oxygen atoms in total. The van der Waals surface area contributed by atoms with Crippen molar-refractivity contribution < 1.29 is 21.6 Å². The quantitative estimate of drug-likeness (QED) is 0.818. The minimum atomic E-state index is -3.39. The van der Waals surface area contributed by atoms with Gasteiger partial charge in [-0.15, -0.1) is 0 Å². The van der Waals surface area contributed by atoms with Crippen molar-refractivity contribution in [1.29, 1.82) is 0 Å². The summed E-state index contributed by atoms with van der Waals surface area (Å²) in [5.41, 5.74) is -0.183. The SMILES string of the molecule is CCCNC(CS(C)(=O)=O)c1ccc(F)c(F)c1F. The number of benzene rings is 1. The van der Waals surface area contributed by atoms with Gasteiger partial charge in [0.15, 0.2) is 17.5 Å². The Morgan fingerprint density at radius 1 is 1.21 bits per heavy atom. The molecule has 0 aliphatic rings. The molecule has 0 saturated carbocycles. The van der Waals surface area contributed by atoms with Crippen LogP contribution in [0.2, 0.25) is 0 Å². The predicted molar refractivity (Wildman–Crippen MR) is 67.1 cm³/mol. The zero-order valence-corrected chi connectivity index (χ0v) is 11.5. The molecule has 0 saturated heterocycles. The Balaban J connectivity index is 3.13. The minimum absolute atomic E-state index is 0.183. The Labute approximate surface area is 110 Å². The van der Waals surface area contributed by atoms with Gasteiger partial charge in [-0.05, 0) is 19.0 Å². The van der Waals surface area contributed by atoms with E-state index in [1.165, 1.54) is 0 Å². The molecule has 0 bridgehead atoms. The molecular weight excluding hydrogens is 279 g/mol. The summed E-state index contributed by atoms with van der Waals surface area (Å²) in [6, 6.07) is 0.952.